The molecule has 3 aromatic rings. The first-order valence-corrected chi connectivity index (χ1v) is 18.0. The number of hydrazine groups is 1. The largest absolute Gasteiger partial charge is 0.380 e. The molecule has 49 heavy (non-hydrogen) atoms. The van der Waals surface area contributed by atoms with Crippen LogP contribution in [0.4, 0.5) is 5.69 Å². The Hall–Kier alpha value is -4.72. The van der Waals surface area contributed by atoms with E-state index in [2.05, 4.69) is 23.6 Å². The molecule has 0 unspecified atom stereocenters. The second-order valence-corrected chi connectivity index (χ2v) is 13.8. The zero-order chi connectivity index (χ0) is 34.5. The van der Waals surface area contributed by atoms with Gasteiger partial charge in [0.1, 0.15) is 18.0 Å². The first-order chi connectivity index (χ1) is 23.6. The standard InChI is InChI=1S/C36H42N6O6S/c1-2-19-40-26-35(44)41-32(23-28-13-16-31(17-14-28)48-49(37,46)47)36(45)39(24-29-11-8-12-30(22-29)38-20-6-7-21-38)25-33(41)42(40)34(43)18-15-27-9-4-3-5-10-27/h2-5,8-14,16-17,22,32-33H,1,6-7,15,18-21,23-26H2,(H2,37,46,47)/t32-,33-/m0/s1. The van der Waals surface area contributed by atoms with Crippen molar-refractivity contribution in [1.29, 1.82) is 0 Å². The minimum Gasteiger partial charge on any atom is -0.372 e. The minimum atomic E-state index is -4.21. The Morgan fingerprint density at radius 1 is 0.939 bits per heavy atom. The molecule has 12 nitrogen and oxygen atoms in total. The van der Waals surface area contributed by atoms with E-state index in [1.807, 2.05) is 42.5 Å². The number of anilines is 1. The van der Waals surface area contributed by atoms with Gasteiger partial charge >= 0.3 is 10.3 Å². The maximum atomic E-state index is 14.4. The number of hydrogen-bond acceptors (Lipinski definition) is 8. The second kappa shape index (κ2) is 14.8. The van der Waals surface area contributed by atoms with Crippen molar-refractivity contribution in [3.8, 4) is 5.75 Å². The number of nitrogens with two attached hydrogens (primary N) is 1. The SMILES string of the molecule is C=CCN1CC(=O)N2[C@@H](Cc3ccc(OS(N)(=O)=O)cc3)C(=O)N(Cc3cccc(N4CCCC4)c3)C[C@@H]2N1C(=O)CCc1ccccc1. The average molecular weight is 687 g/mol. The van der Waals surface area contributed by atoms with E-state index in [4.69, 9.17) is 9.32 Å². The number of piperazine rings is 1. The third kappa shape index (κ3) is 8.12. The van der Waals surface area contributed by atoms with E-state index in [-0.39, 0.29) is 55.9 Å². The van der Waals surface area contributed by atoms with Gasteiger partial charge in [0.2, 0.25) is 17.7 Å². The van der Waals surface area contributed by atoms with E-state index in [1.165, 1.54) is 12.1 Å². The molecule has 0 radical (unpaired) electrons. The summed E-state index contributed by atoms with van der Waals surface area (Å²) in [4.78, 5) is 48.1. The summed E-state index contributed by atoms with van der Waals surface area (Å²) in [5.41, 5.74) is 3.78. The molecule has 0 aromatic heterocycles. The third-order valence-electron chi connectivity index (χ3n) is 9.22. The summed E-state index contributed by atoms with van der Waals surface area (Å²) >= 11 is 0. The van der Waals surface area contributed by atoms with Gasteiger partial charge in [0, 0.05) is 44.7 Å². The molecule has 0 spiro atoms. The van der Waals surface area contributed by atoms with Crippen molar-refractivity contribution in [3.63, 3.8) is 0 Å². The number of carbonyl (C=O) groups is 3. The highest BCUT2D eigenvalue weighted by Gasteiger charge is 2.51. The molecule has 3 fully saturated rings. The van der Waals surface area contributed by atoms with Crippen molar-refractivity contribution in [2.75, 3.05) is 37.6 Å². The predicted molar refractivity (Wildman–Crippen MR) is 185 cm³/mol. The zero-order valence-electron chi connectivity index (χ0n) is 27.4. The Kier molecular flexibility index (Phi) is 10.3. The highest BCUT2D eigenvalue weighted by molar-refractivity contribution is 7.84. The van der Waals surface area contributed by atoms with Crippen LogP contribution >= 0.6 is 0 Å². The second-order valence-electron chi connectivity index (χ2n) is 12.7. The van der Waals surface area contributed by atoms with E-state index in [1.54, 1.807) is 38.0 Å². The molecule has 3 saturated heterocycles. The molecule has 3 aromatic carbocycles. The fourth-order valence-electron chi connectivity index (χ4n) is 7.00. The van der Waals surface area contributed by atoms with Gasteiger partial charge in [-0.15, -0.1) is 6.58 Å². The van der Waals surface area contributed by atoms with Crippen LogP contribution in [0.25, 0.3) is 0 Å². The van der Waals surface area contributed by atoms with Crippen LogP contribution in [-0.2, 0) is 44.1 Å². The van der Waals surface area contributed by atoms with Crippen molar-refractivity contribution in [3.05, 3.63) is 108 Å². The van der Waals surface area contributed by atoms with Crippen molar-refractivity contribution in [1.82, 2.24) is 19.8 Å². The first-order valence-electron chi connectivity index (χ1n) is 16.6. The van der Waals surface area contributed by atoms with Crippen molar-refractivity contribution in [2.45, 2.75) is 50.9 Å². The zero-order valence-corrected chi connectivity index (χ0v) is 28.2. The fraction of sp³-hybridized carbons (Fsp3) is 0.361. The third-order valence-corrected chi connectivity index (χ3v) is 9.64. The van der Waals surface area contributed by atoms with Crippen LogP contribution in [0.15, 0.2) is 91.5 Å². The van der Waals surface area contributed by atoms with Gasteiger partial charge in [-0.1, -0.05) is 60.7 Å². The lowest BCUT2D eigenvalue weighted by molar-refractivity contribution is -0.205. The maximum Gasteiger partial charge on any atom is 0.380 e. The molecule has 13 heteroatoms. The number of carbonyl (C=O) groups excluding carboxylic acids is 3. The van der Waals surface area contributed by atoms with Crippen molar-refractivity contribution < 1.29 is 27.0 Å². The van der Waals surface area contributed by atoms with Crippen LogP contribution in [0.2, 0.25) is 0 Å². The Labute approximate surface area is 287 Å². The molecular formula is C36H42N6O6S. The van der Waals surface area contributed by atoms with Gasteiger partial charge in [0.25, 0.3) is 0 Å². The highest BCUT2D eigenvalue weighted by atomic mass is 32.2. The molecule has 3 aliphatic rings. The Balaban J connectivity index is 1.32. The topological polar surface area (TPSA) is 137 Å². The fourth-order valence-corrected chi connectivity index (χ4v) is 7.38. The number of rotatable bonds is 12. The lowest BCUT2D eigenvalue weighted by atomic mass is 9.98. The van der Waals surface area contributed by atoms with E-state index >= 15 is 0 Å². The number of amides is 3. The van der Waals surface area contributed by atoms with Gasteiger partial charge in [0.15, 0.2) is 0 Å². The van der Waals surface area contributed by atoms with Crippen LogP contribution < -0.4 is 14.2 Å². The maximum absolute atomic E-state index is 14.4. The molecule has 258 valence electrons. The smallest absolute Gasteiger partial charge is 0.372 e. The van der Waals surface area contributed by atoms with E-state index in [9.17, 15) is 22.8 Å². The molecule has 0 bridgehead atoms. The number of nitrogens with zero attached hydrogens (tertiary/aromatic N) is 5. The Bertz CT molecular complexity index is 1780. The molecule has 0 saturated carbocycles. The van der Waals surface area contributed by atoms with Crippen molar-refractivity contribution >= 4 is 33.7 Å². The molecule has 3 heterocycles. The van der Waals surface area contributed by atoms with Gasteiger partial charge in [-0.25, -0.2) is 10.0 Å². The Morgan fingerprint density at radius 3 is 2.35 bits per heavy atom. The summed E-state index contributed by atoms with van der Waals surface area (Å²) in [7, 11) is -4.21. The summed E-state index contributed by atoms with van der Waals surface area (Å²) in [5, 5.41) is 8.40. The lowest BCUT2D eigenvalue weighted by Gasteiger charge is -2.55. The van der Waals surface area contributed by atoms with Gasteiger partial charge in [-0.2, -0.15) is 13.6 Å². The van der Waals surface area contributed by atoms with E-state index in [0.717, 1.165) is 42.7 Å². The van der Waals surface area contributed by atoms with Crippen LogP contribution in [0.1, 0.15) is 36.0 Å². The minimum absolute atomic E-state index is 0.0305. The van der Waals surface area contributed by atoms with Gasteiger partial charge in [-0.3, -0.25) is 14.4 Å². The quantitative estimate of drug-likeness (QED) is 0.288. The lowest BCUT2D eigenvalue weighted by Crippen LogP contribution is -2.75. The summed E-state index contributed by atoms with van der Waals surface area (Å²) < 4.78 is 27.6. The number of hydrogen-bond donors (Lipinski definition) is 1. The summed E-state index contributed by atoms with van der Waals surface area (Å²) in [5.74, 6) is -0.609. The van der Waals surface area contributed by atoms with Crippen LogP contribution in [-0.4, -0.2) is 90.9 Å². The summed E-state index contributed by atoms with van der Waals surface area (Å²) in [6.07, 6.45) is 4.12. The molecule has 3 aliphatic heterocycles. The monoisotopic (exact) mass is 686 g/mol. The van der Waals surface area contributed by atoms with Crippen LogP contribution in [0, 0.1) is 0 Å². The number of fused-ring (bicyclic) bond motifs is 1. The van der Waals surface area contributed by atoms with E-state index in [0.29, 0.717) is 18.5 Å². The van der Waals surface area contributed by atoms with Gasteiger partial charge < -0.3 is 18.9 Å². The van der Waals surface area contributed by atoms with Crippen LogP contribution in [0.3, 0.4) is 0 Å². The molecule has 2 N–H and O–H groups in total. The predicted octanol–water partition coefficient (Wildman–Crippen LogP) is 2.86. The normalized spacial score (nSPS) is 20.0. The molecule has 0 aliphatic carbocycles. The molecular weight excluding hydrogens is 644 g/mol. The van der Waals surface area contributed by atoms with Gasteiger partial charge in [0.05, 0.1) is 13.1 Å². The summed E-state index contributed by atoms with van der Waals surface area (Å²) in [6, 6.07) is 23.2. The van der Waals surface area contributed by atoms with Crippen molar-refractivity contribution in [2.24, 2.45) is 5.14 Å². The van der Waals surface area contributed by atoms with Crippen LogP contribution in [0.5, 0.6) is 5.75 Å². The molecule has 3 amide bonds. The highest BCUT2D eigenvalue weighted by Crippen LogP contribution is 2.31. The summed E-state index contributed by atoms with van der Waals surface area (Å²) in [6.45, 7) is 6.51. The number of aryl methyl sites for hydroxylation is 1. The first kappa shape index (κ1) is 34.2. The van der Waals surface area contributed by atoms with Gasteiger partial charge in [-0.05, 0) is 60.2 Å². The Morgan fingerprint density at radius 2 is 1.65 bits per heavy atom. The van der Waals surface area contributed by atoms with E-state index < -0.39 is 22.5 Å². The average Bonchev–Trinajstić information content (AvgIpc) is 3.62. The number of benzene rings is 3. The molecule has 2 atom stereocenters. The molecule has 6 rings (SSSR count).